The lowest BCUT2D eigenvalue weighted by molar-refractivity contribution is 0.316. The highest BCUT2D eigenvalue weighted by molar-refractivity contribution is 6.23. The van der Waals surface area contributed by atoms with E-state index in [2.05, 4.69) is 160 Å². The van der Waals surface area contributed by atoms with E-state index in [0.29, 0.717) is 34.3 Å². The summed E-state index contributed by atoms with van der Waals surface area (Å²) in [7, 11) is 0. The second-order valence-electron chi connectivity index (χ2n) is 22.7. The van der Waals surface area contributed by atoms with Crippen molar-refractivity contribution in [1.29, 1.82) is 0 Å². The first-order valence-corrected chi connectivity index (χ1v) is 30.7. The van der Waals surface area contributed by atoms with Crippen LogP contribution in [0.1, 0.15) is 0 Å². The molecule has 0 aliphatic heterocycles. The van der Waals surface area contributed by atoms with Crippen molar-refractivity contribution in [3.63, 3.8) is 0 Å². The molecular weight excluding hydrogens is 1160 g/mol. The maximum Gasteiger partial charge on any atom is 0.164 e. The van der Waals surface area contributed by atoms with E-state index in [4.69, 9.17) is 44.1 Å². The first kappa shape index (κ1) is 55.0. The third kappa shape index (κ3) is 10.2. The molecule has 12 aromatic carbocycles. The number of rotatable bonds is 10. The lowest BCUT2D eigenvalue weighted by atomic mass is 9.94. The Bertz CT molecular complexity index is 5350. The largest absolute Gasteiger partial charge is 0.246 e. The molecule has 0 aliphatic rings. The minimum absolute atomic E-state index is 0.610. The van der Waals surface area contributed by atoms with Gasteiger partial charge in [0.15, 0.2) is 23.3 Å². The van der Waals surface area contributed by atoms with Crippen LogP contribution in [0.3, 0.4) is 0 Å². The maximum absolute atomic E-state index is 5.31. The molecule has 13 heteroatoms. The van der Waals surface area contributed by atoms with Crippen molar-refractivity contribution in [2.75, 3.05) is 0 Å². The Morgan fingerprint density at radius 3 is 0.915 bits per heavy atom. The van der Waals surface area contributed by atoms with Crippen molar-refractivity contribution in [3.05, 3.63) is 297 Å². The normalized spacial score (nSPS) is 11.4. The third-order valence-electron chi connectivity index (χ3n) is 17.0. The molecule has 18 aromatic rings. The predicted molar refractivity (Wildman–Crippen MR) is 373 cm³/mol. The minimum Gasteiger partial charge on any atom is -0.246 e. The monoisotopic (exact) mass is 1210 g/mol. The van der Waals surface area contributed by atoms with Gasteiger partial charge in [-0.05, 0) is 62.1 Å². The van der Waals surface area contributed by atoms with Gasteiger partial charge in [-0.1, -0.05) is 267 Å². The molecule has 440 valence electrons. The molecule has 0 unspecified atom stereocenters. The zero-order valence-electron chi connectivity index (χ0n) is 50.0. The Morgan fingerprint density at radius 1 is 0.202 bits per heavy atom. The highest BCUT2D eigenvalue weighted by Gasteiger charge is 2.22. The summed E-state index contributed by atoms with van der Waals surface area (Å²) in [6.45, 7) is 0. The van der Waals surface area contributed by atoms with Gasteiger partial charge in [0.05, 0.1) is 33.8 Å². The van der Waals surface area contributed by atoms with E-state index in [0.717, 1.165) is 144 Å². The SMILES string of the molecule is c1ccc(-c2cc(-c3ccc(-c4cccc5c4nc(-c4ccccc4)c4ccc6nonc6c45)cc3)nc(-c3ccccc3)n2)cc1.c1ccc(-c2nc(-c3ccccc3)nc(-c3ccc(-c4cccc5c4nc(-c4ccccc4)c4ccc6nonc6c45)cc3)n2)cc1. The number of hydrogen-bond acceptors (Lipinski definition) is 13. The van der Waals surface area contributed by atoms with Gasteiger partial charge in [-0.2, -0.15) is 0 Å². The van der Waals surface area contributed by atoms with E-state index in [1.165, 1.54) is 0 Å². The fraction of sp³-hybridized carbons (Fsp3) is 0. The van der Waals surface area contributed by atoms with E-state index in [1.54, 1.807) is 0 Å². The number of pyridine rings is 2. The molecule has 0 saturated heterocycles. The van der Waals surface area contributed by atoms with Gasteiger partial charge in [0.1, 0.15) is 22.1 Å². The molecule has 0 saturated carbocycles. The molecule has 94 heavy (non-hydrogen) atoms. The van der Waals surface area contributed by atoms with E-state index >= 15 is 0 Å². The van der Waals surface area contributed by atoms with Gasteiger partial charge in [0.25, 0.3) is 0 Å². The van der Waals surface area contributed by atoms with Gasteiger partial charge in [-0.15, -0.1) is 0 Å². The Labute approximate surface area is 537 Å². The standard InChI is InChI=1S/C41H25N5O.C40H24N6O/c1-4-11-27(12-5-1)35-25-36(43-41(42-35)30-15-8-3-9-16-30)28-21-19-26(20-22-28)31-17-10-18-32-37-33(23-24-34-40(37)46-47-45-34)38(44-39(31)32)29-13-6-2-7-14-29;1-4-11-26(12-5-1)35-32-23-24-33-37(46-47-45-33)34(32)31-18-10-17-30(36(31)41-35)25-19-21-29(22-20-25)40-43-38(27-13-6-2-7-14-27)42-39(44-40)28-15-8-3-9-16-28/h1-25H;1-24H. The van der Waals surface area contributed by atoms with Crippen LogP contribution in [-0.4, -0.2) is 55.5 Å². The van der Waals surface area contributed by atoms with Crippen LogP contribution in [0.25, 0.3) is 178 Å². The summed E-state index contributed by atoms with van der Waals surface area (Å²) < 4.78 is 10.4. The van der Waals surface area contributed by atoms with Crippen LogP contribution in [0.15, 0.2) is 307 Å². The predicted octanol–water partition coefficient (Wildman–Crippen LogP) is 19.5. The Balaban J connectivity index is 0.000000143. The number of aromatic nitrogens is 11. The number of fused-ring (bicyclic) bond motifs is 10. The summed E-state index contributed by atoms with van der Waals surface area (Å²) in [5.41, 5.74) is 20.1. The van der Waals surface area contributed by atoms with Crippen molar-refractivity contribution in [3.8, 4) is 113 Å². The van der Waals surface area contributed by atoms with Gasteiger partial charge < -0.3 is 0 Å². The van der Waals surface area contributed by atoms with Crippen LogP contribution >= 0.6 is 0 Å². The quantitative estimate of drug-likeness (QED) is 0.119. The summed E-state index contributed by atoms with van der Waals surface area (Å²) in [4.78, 5) is 35.2. The molecule has 0 spiro atoms. The van der Waals surface area contributed by atoms with Gasteiger partial charge in [0.2, 0.25) is 0 Å². The lowest BCUT2D eigenvalue weighted by Crippen LogP contribution is -2.00. The van der Waals surface area contributed by atoms with Crippen LogP contribution in [0.5, 0.6) is 0 Å². The average molecular weight is 1210 g/mol. The highest BCUT2D eigenvalue weighted by Crippen LogP contribution is 2.42. The zero-order valence-corrected chi connectivity index (χ0v) is 50.0. The van der Waals surface area contributed by atoms with Crippen molar-refractivity contribution in [2.45, 2.75) is 0 Å². The Hall–Kier alpha value is -13.1. The summed E-state index contributed by atoms with van der Waals surface area (Å²) in [6.07, 6.45) is 0. The van der Waals surface area contributed by atoms with Gasteiger partial charge in [-0.25, -0.2) is 44.1 Å². The topological polar surface area (TPSA) is 168 Å². The Kier molecular flexibility index (Phi) is 13.8. The fourth-order valence-electron chi connectivity index (χ4n) is 12.4. The molecule has 0 radical (unpaired) electrons. The second-order valence-corrected chi connectivity index (χ2v) is 22.7. The Morgan fingerprint density at radius 2 is 0.521 bits per heavy atom. The van der Waals surface area contributed by atoms with Crippen LogP contribution in [0, 0.1) is 0 Å². The molecular formula is C81H49N11O2. The first-order chi connectivity index (χ1) is 46.6. The summed E-state index contributed by atoms with van der Waals surface area (Å²) in [5, 5.41) is 22.8. The minimum atomic E-state index is 0.610. The number of nitrogens with zero attached hydrogens (tertiary/aromatic N) is 11. The lowest BCUT2D eigenvalue weighted by Gasteiger charge is -2.14. The van der Waals surface area contributed by atoms with Crippen molar-refractivity contribution in [1.82, 2.24) is 55.5 Å². The molecule has 18 rings (SSSR count). The second kappa shape index (κ2) is 23.7. The summed E-state index contributed by atoms with van der Waals surface area (Å²) >= 11 is 0. The molecule has 0 fully saturated rings. The summed E-state index contributed by atoms with van der Waals surface area (Å²) in [5.74, 6) is 2.56. The van der Waals surface area contributed by atoms with Crippen LogP contribution in [-0.2, 0) is 0 Å². The fourth-order valence-corrected chi connectivity index (χ4v) is 12.4. The van der Waals surface area contributed by atoms with E-state index < -0.39 is 0 Å². The van der Waals surface area contributed by atoms with E-state index in [-0.39, 0.29) is 0 Å². The van der Waals surface area contributed by atoms with Crippen molar-refractivity contribution < 1.29 is 9.26 Å². The molecule has 0 atom stereocenters. The first-order valence-electron chi connectivity index (χ1n) is 30.7. The average Bonchev–Trinajstić information content (AvgIpc) is 1.06. The van der Waals surface area contributed by atoms with Gasteiger partial charge >= 0.3 is 0 Å². The molecule has 0 aliphatic carbocycles. The van der Waals surface area contributed by atoms with Crippen LogP contribution in [0.4, 0.5) is 0 Å². The smallest absolute Gasteiger partial charge is 0.164 e. The molecule has 13 nitrogen and oxygen atoms in total. The maximum atomic E-state index is 5.31. The molecule has 0 bridgehead atoms. The van der Waals surface area contributed by atoms with E-state index in [9.17, 15) is 0 Å². The van der Waals surface area contributed by atoms with Crippen LogP contribution in [0.2, 0.25) is 0 Å². The third-order valence-corrected chi connectivity index (χ3v) is 17.0. The molecule has 6 aromatic heterocycles. The molecule has 0 amide bonds. The number of benzene rings is 12. The van der Waals surface area contributed by atoms with Gasteiger partial charge in [0, 0.05) is 88.0 Å². The summed E-state index contributed by atoms with van der Waals surface area (Å²) in [6, 6.07) is 100. The van der Waals surface area contributed by atoms with Crippen LogP contribution < -0.4 is 0 Å². The number of hydrogen-bond donors (Lipinski definition) is 0. The zero-order chi connectivity index (χ0) is 62.3. The number of para-hydroxylation sites is 2. The molecule has 6 heterocycles. The van der Waals surface area contributed by atoms with Gasteiger partial charge in [-0.3, -0.25) is 0 Å². The van der Waals surface area contributed by atoms with Crippen molar-refractivity contribution >= 4 is 65.4 Å². The molecule has 0 N–H and O–H groups in total. The van der Waals surface area contributed by atoms with Crippen molar-refractivity contribution in [2.24, 2.45) is 0 Å². The highest BCUT2D eigenvalue weighted by atomic mass is 16.6. The van der Waals surface area contributed by atoms with E-state index in [1.807, 2.05) is 158 Å².